The molecule has 102 valence electrons. The Kier molecular flexibility index (Phi) is 4.43. The fourth-order valence-electron chi connectivity index (χ4n) is 2.44. The molecule has 5 heteroatoms. The van der Waals surface area contributed by atoms with E-state index in [0.29, 0.717) is 0 Å². The molecule has 0 aromatic carbocycles. The highest BCUT2D eigenvalue weighted by Gasteiger charge is 2.24. The summed E-state index contributed by atoms with van der Waals surface area (Å²) in [4.78, 5) is 2.43. The minimum absolute atomic E-state index is 0.725. The van der Waals surface area contributed by atoms with Crippen LogP contribution in [0.25, 0.3) is 0 Å². The second kappa shape index (κ2) is 5.87. The molecule has 1 aliphatic rings. The van der Waals surface area contributed by atoms with E-state index in [1.807, 2.05) is 6.92 Å². The highest BCUT2D eigenvalue weighted by atomic mass is 32.2. The van der Waals surface area contributed by atoms with Crippen molar-refractivity contribution in [1.82, 2.24) is 9.78 Å². The second-order valence-corrected chi connectivity index (χ2v) is 6.30. The van der Waals surface area contributed by atoms with E-state index >= 15 is 0 Å². The van der Waals surface area contributed by atoms with E-state index in [0.717, 1.165) is 48.5 Å². The van der Waals surface area contributed by atoms with Gasteiger partial charge < -0.3 is 10.6 Å². The normalized spacial score (nSPS) is 20.4. The molecular weight excluding hydrogens is 244 g/mol. The molecule has 2 rings (SSSR count). The summed E-state index contributed by atoms with van der Waals surface area (Å²) in [5, 5.41) is 5.29. The number of nitrogens with two attached hydrogens (primary N) is 1. The fourth-order valence-corrected chi connectivity index (χ4v) is 3.62. The lowest BCUT2D eigenvalue weighted by Crippen LogP contribution is -2.39. The molecule has 1 saturated heterocycles. The van der Waals surface area contributed by atoms with Crippen LogP contribution in [0, 0.1) is 6.92 Å². The summed E-state index contributed by atoms with van der Waals surface area (Å²) in [5.74, 6) is 2.34. The van der Waals surface area contributed by atoms with Crippen LogP contribution in [0.1, 0.15) is 32.4 Å². The highest BCUT2D eigenvalue weighted by molar-refractivity contribution is 8.00. The third kappa shape index (κ3) is 2.60. The van der Waals surface area contributed by atoms with Gasteiger partial charge in [0, 0.05) is 30.6 Å². The van der Waals surface area contributed by atoms with Crippen LogP contribution in [-0.2, 0) is 6.54 Å². The topological polar surface area (TPSA) is 47.1 Å². The number of nitrogens with zero attached hydrogens (tertiary/aromatic N) is 3. The Bertz CT molecular complexity index is 402. The Morgan fingerprint density at radius 1 is 1.44 bits per heavy atom. The average Bonchev–Trinajstić information content (AvgIpc) is 2.65. The van der Waals surface area contributed by atoms with Crippen molar-refractivity contribution in [3.8, 4) is 0 Å². The molecule has 1 fully saturated rings. The van der Waals surface area contributed by atoms with E-state index in [-0.39, 0.29) is 0 Å². The maximum atomic E-state index is 6.22. The molecule has 2 N–H and O–H groups in total. The smallest absolute Gasteiger partial charge is 0.150 e. The van der Waals surface area contributed by atoms with Gasteiger partial charge in [0.25, 0.3) is 0 Å². The number of hydrogen-bond donors (Lipinski definition) is 1. The van der Waals surface area contributed by atoms with Gasteiger partial charge in [-0.05, 0) is 19.8 Å². The van der Waals surface area contributed by atoms with E-state index in [1.54, 1.807) is 0 Å². The summed E-state index contributed by atoms with van der Waals surface area (Å²) < 4.78 is 2.09. The van der Waals surface area contributed by atoms with Gasteiger partial charge in [0.1, 0.15) is 0 Å². The van der Waals surface area contributed by atoms with Crippen LogP contribution >= 0.6 is 11.8 Å². The zero-order valence-electron chi connectivity index (χ0n) is 11.6. The monoisotopic (exact) mass is 268 g/mol. The van der Waals surface area contributed by atoms with Gasteiger partial charge in [0.15, 0.2) is 5.82 Å². The quantitative estimate of drug-likeness (QED) is 0.911. The first-order valence-electron chi connectivity index (χ1n) is 6.86. The van der Waals surface area contributed by atoms with Gasteiger partial charge in [0.2, 0.25) is 0 Å². The SMILES string of the molecule is CCCn1nc(C)c(N)c1N1CCSC(CC)C1. The number of anilines is 2. The van der Waals surface area contributed by atoms with E-state index in [9.17, 15) is 0 Å². The lowest BCUT2D eigenvalue weighted by atomic mass is 10.2. The minimum atomic E-state index is 0.725. The molecule has 1 aromatic heterocycles. The first-order valence-corrected chi connectivity index (χ1v) is 7.91. The van der Waals surface area contributed by atoms with Crippen LogP contribution in [0.4, 0.5) is 11.5 Å². The van der Waals surface area contributed by atoms with Gasteiger partial charge in [-0.1, -0.05) is 13.8 Å². The summed E-state index contributed by atoms with van der Waals surface area (Å²) in [6.07, 6.45) is 2.31. The second-order valence-electron chi connectivity index (χ2n) is 4.89. The maximum absolute atomic E-state index is 6.22. The minimum Gasteiger partial charge on any atom is -0.394 e. The van der Waals surface area contributed by atoms with Crippen molar-refractivity contribution in [1.29, 1.82) is 0 Å². The Balaban J connectivity index is 2.25. The molecule has 1 aromatic rings. The van der Waals surface area contributed by atoms with Gasteiger partial charge in [-0.3, -0.25) is 0 Å². The standard InChI is InChI=1S/C13H24N4S/c1-4-6-17-13(12(14)10(3)15-17)16-7-8-18-11(5-2)9-16/h11H,4-9,14H2,1-3H3. The van der Waals surface area contributed by atoms with Crippen LogP contribution in [0.2, 0.25) is 0 Å². The van der Waals surface area contributed by atoms with Gasteiger partial charge in [-0.2, -0.15) is 16.9 Å². The molecular formula is C13H24N4S. The van der Waals surface area contributed by atoms with E-state index in [2.05, 4.69) is 40.3 Å². The van der Waals surface area contributed by atoms with E-state index in [4.69, 9.17) is 5.73 Å². The molecule has 0 spiro atoms. The highest BCUT2D eigenvalue weighted by Crippen LogP contribution is 2.31. The molecule has 0 aliphatic carbocycles. The molecule has 2 heterocycles. The fraction of sp³-hybridized carbons (Fsp3) is 0.769. The Labute approximate surface area is 114 Å². The third-order valence-electron chi connectivity index (χ3n) is 3.47. The van der Waals surface area contributed by atoms with Crippen molar-refractivity contribution in [2.75, 3.05) is 29.5 Å². The van der Waals surface area contributed by atoms with Crippen molar-refractivity contribution in [2.24, 2.45) is 0 Å². The van der Waals surface area contributed by atoms with Crippen molar-refractivity contribution in [3.63, 3.8) is 0 Å². The zero-order valence-corrected chi connectivity index (χ0v) is 12.5. The summed E-state index contributed by atoms with van der Waals surface area (Å²) >= 11 is 2.08. The number of rotatable bonds is 4. The lowest BCUT2D eigenvalue weighted by molar-refractivity contribution is 0.581. The molecule has 0 radical (unpaired) electrons. The zero-order chi connectivity index (χ0) is 13.1. The van der Waals surface area contributed by atoms with Gasteiger partial charge in [-0.15, -0.1) is 0 Å². The Morgan fingerprint density at radius 2 is 2.22 bits per heavy atom. The first-order chi connectivity index (χ1) is 8.67. The lowest BCUT2D eigenvalue weighted by Gasteiger charge is -2.34. The predicted molar refractivity (Wildman–Crippen MR) is 80.4 cm³/mol. The van der Waals surface area contributed by atoms with Crippen LogP contribution in [0.5, 0.6) is 0 Å². The van der Waals surface area contributed by atoms with Crippen molar-refractivity contribution in [3.05, 3.63) is 5.69 Å². The van der Waals surface area contributed by atoms with E-state index < -0.39 is 0 Å². The van der Waals surface area contributed by atoms with E-state index in [1.165, 1.54) is 12.2 Å². The molecule has 0 bridgehead atoms. The molecule has 4 nitrogen and oxygen atoms in total. The molecule has 0 amide bonds. The van der Waals surface area contributed by atoms with Crippen molar-refractivity contribution >= 4 is 23.3 Å². The van der Waals surface area contributed by atoms with Crippen molar-refractivity contribution < 1.29 is 0 Å². The Morgan fingerprint density at radius 3 is 2.89 bits per heavy atom. The largest absolute Gasteiger partial charge is 0.394 e. The number of aryl methyl sites for hydroxylation is 2. The average molecular weight is 268 g/mol. The van der Waals surface area contributed by atoms with Crippen LogP contribution < -0.4 is 10.6 Å². The number of aromatic nitrogens is 2. The third-order valence-corrected chi connectivity index (χ3v) is 4.85. The summed E-state index contributed by atoms with van der Waals surface area (Å²) in [6, 6.07) is 0. The predicted octanol–water partition coefficient (Wildman–Crippen LogP) is 2.52. The van der Waals surface area contributed by atoms with Crippen LogP contribution in [0.15, 0.2) is 0 Å². The molecule has 0 saturated carbocycles. The number of hydrogen-bond acceptors (Lipinski definition) is 4. The number of nitrogen functional groups attached to an aromatic ring is 1. The molecule has 1 unspecified atom stereocenters. The molecule has 1 aliphatic heterocycles. The van der Waals surface area contributed by atoms with Crippen LogP contribution in [0.3, 0.4) is 0 Å². The maximum Gasteiger partial charge on any atom is 0.150 e. The molecule has 1 atom stereocenters. The summed E-state index contributed by atoms with van der Waals surface area (Å²) in [7, 11) is 0. The van der Waals surface area contributed by atoms with Crippen molar-refractivity contribution in [2.45, 2.75) is 45.4 Å². The number of thioether (sulfide) groups is 1. The summed E-state index contributed by atoms with van der Waals surface area (Å²) in [5.41, 5.74) is 8.05. The van der Waals surface area contributed by atoms with Gasteiger partial charge in [-0.25, -0.2) is 4.68 Å². The molecule has 18 heavy (non-hydrogen) atoms. The first kappa shape index (κ1) is 13.6. The summed E-state index contributed by atoms with van der Waals surface area (Å²) in [6.45, 7) is 9.58. The van der Waals surface area contributed by atoms with Gasteiger partial charge in [0.05, 0.1) is 11.4 Å². The van der Waals surface area contributed by atoms with Gasteiger partial charge >= 0.3 is 0 Å². The Hall–Kier alpha value is -0.840. The van der Waals surface area contributed by atoms with Crippen LogP contribution in [-0.4, -0.2) is 33.9 Å².